The lowest BCUT2D eigenvalue weighted by molar-refractivity contribution is 0.0696. The minimum atomic E-state index is -0.925. The van der Waals surface area contributed by atoms with Crippen molar-refractivity contribution in [3.63, 3.8) is 0 Å². The molecule has 0 aromatic carbocycles. The first kappa shape index (κ1) is 14.5. The average Bonchev–Trinajstić information content (AvgIpc) is 2.22. The van der Waals surface area contributed by atoms with Crippen molar-refractivity contribution in [1.82, 2.24) is 4.98 Å². The van der Waals surface area contributed by atoms with Gasteiger partial charge in [-0.05, 0) is 38.7 Å². The van der Waals surface area contributed by atoms with Gasteiger partial charge in [-0.25, -0.2) is 4.79 Å². The second-order valence-corrected chi connectivity index (χ2v) is 5.04. The summed E-state index contributed by atoms with van der Waals surface area (Å²) in [4.78, 5) is 15.4. The Morgan fingerprint density at radius 3 is 2.67 bits per heavy atom. The maximum absolute atomic E-state index is 11.2. The summed E-state index contributed by atoms with van der Waals surface area (Å²) in [5, 5.41) is 12.4. The first-order valence-corrected chi connectivity index (χ1v) is 6.37. The van der Waals surface area contributed by atoms with Crippen LogP contribution in [0.1, 0.15) is 48.4 Å². The molecule has 1 heterocycles. The van der Waals surface area contributed by atoms with E-state index in [4.69, 9.17) is 0 Å². The number of nitrogens with one attached hydrogen (secondary N) is 1. The summed E-state index contributed by atoms with van der Waals surface area (Å²) in [6.07, 6.45) is 2.18. The third-order valence-corrected chi connectivity index (χ3v) is 2.82. The molecule has 1 aromatic rings. The molecule has 0 atom stereocenters. The maximum Gasteiger partial charge on any atom is 0.339 e. The molecular formula is C14H22N2O2. The van der Waals surface area contributed by atoms with Crippen LogP contribution in [0.4, 0.5) is 5.69 Å². The number of carboxylic acid groups (broad SMARTS) is 1. The van der Waals surface area contributed by atoms with Crippen LogP contribution in [0.3, 0.4) is 0 Å². The molecule has 0 aliphatic heterocycles. The molecule has 0 bridgehead atoms. The molecule has 0 saturated heterocycles. The number of carbonyl (C=O) groups is 1. The van der Waals surface area contributed by atoms with Gasteiger partial charge in [0.05, 0.1) is 11.4 Å². The van der Waals surface area contributed by atoms with Crippen LogP contribution in [0.5, 0.6) is 0 Å². The van der Waals surface area contributed by atoms with Crippen molar-refractivity contribution in [2.24, 2.45) is 5.92 Å². The van der Waals surface area contributed by atoms with E-state index in [0.717, 1.165) is 25.1 Å². The Morgan fingerprint density at radius 1 is 1.44 bits per heavy atom. The van der Waals surface area contributed by atoms with E-state index in [9.17, 15) is 9.90 Å². The molecule has 0 amide bonds. The molecular weight excluding hydrogens is 228 g/mol. The predicted molar refractivity (Wildman–Crippen MR) is 73.2 cm³/mol. The Bertz CT molecular complexity index is 428. The average molecular weight is 250 g/mol. The quantitative estimate of drug-likeness (QED) is 0.761. The molecule has 0 radical (unpaired) electrons. The van der Waals surface area contributed by atoms with Crippen LogP contribution in [-0.4, -0.2) is 22.6 Å². The second kappa shape index (κ2) is 6.38. The van der Waals surface area contributed by atoms with Crippen molar-refractivity contribution >= 4 is 11.7 Å². The number of aromatic carboxylic acids is 1. The van der Waals surface area contributed by atoms with Gasteiger partial charge in [-0.1, -0.05) is 13.8 Å². The van der Waals surface area contributed by atoms with E-state index in [1.807, 2.05) is 6.92 Å². The van der Waals surface area contributed by atoms with Gasteiger partial charge in [0.25, 0.3) is 0 Å². The molecule has 4 heteroatoms. The van der Waals surface area contributed by atoms with Gasteiger partial charge < -0.3 is 10.4 Å². The molecule has 1 rings (SSSR count). The second-order valence-electron chi connectivity index (χ2n) is 5.04. The van der Waals surface area contributed by atoms with E-state index in [2.05, 4.69) is 24.1 Å². The van der Waals surface area contributed by atoms with Gasteiger partial charge in [0.15, 0.2) is 0 Å². The van der Waals surface area contributed by atoms with Crippen molar-refractivity contribution in [3.05, 3.63) is 23.0 Å². The van der Waals surface area contributed by atoms with Crippen molar-refractivity contribution in [2.75, 3.05) is 11.9 Å². The highest BCUT2D eigenvalue weighted by Crippen LogP contribution is 2.20. The zero-order chi connectivity index (χ0) is 13.7. The first-order chi connectivity index (χ1) is 8.41. The number of pyridine rings is 1. The van der Waals surface area contributed by atoms with Gasteiger partial charge in [-0.3, -0.25) is 4.98 Å². The molecule has 0 spiro atoms. The zero-order valence-corrected chi connectivity index (χ0v) is 11.6. The van der Waals surface area contributed by atoms with Crippen molar-refractivity contribution in [1.29, 1.82) is 0 Å². The Balaban J connectivity index is 2.77. The fourth-order valence-corrected chi connectivity index (χ4v) is 1.97. The van der Waals surface area contributed by atoms with E-state index in [1.165, 1.54) is 0 Å². The Labute approximate surface area is 108 Å². The fourth-order valence-electron chi connectivity index (χ4n) is 1.97. The highest BCUT2D eigenvalue weighted by Gasteiger charge is 2.14. The number of aryl methyl sites for hydroxylation is 2. The summed E-state index contributed by atoms with van der Waals surface area (Å²) in [5.74, 6) is -0.252. The fraction of sp³-hybridized carbons (Fsp3) is 0.571. The smallest absolute Gasteiger partial charge is 0.339 e. The monoisotopic (exact) mass is 250 g/mol. The standard InChI is InChI=1S/C14H22N2O2/c1-9(2)6-5-7-15-12-8-10(3)16-11(4)13(12)14(17)18/h8-9H,5-7H2,1-4H3,(H,15,16)(H,17,18). The molecule has 0 aliphatic carbocycles. The number of hydrogen-bond donors (Lipinski definition) is 2. The number of aromatic nitrogens is 1. The van der Waals surface area contributed by atoms with E-state index in [0.29, 0.717) is 17.3 Å². The molecule has 0 saturated carbocycles. The van der Waals surface area contributed by atoms with Crippen molar-refractivity contribution in [3.8, 4) is 0 Å². The summed E-state index contributed by atoms with van der Waals surface area (Å²) < 4.78 is 0. The van der Waals surface area contributed by atoms with Gasteiger partial charge >= 0.3 is 5.97 Å². The normalized spacial score (nSPS) is 10.7. The van der Waals surface area contributed by atoms with Gasteiger partial charge in [-0.2, -0.15) is 0 Å². The molecule has 1 aromatic heterocycles. The van der Waals surface area contributed by atoms with Crippen LogP contribution in [0.15, 0.2) is 6.07 Å². The van der Waals surface area contributed by atoms with Crippen LogP contribution >= 0.6 is 0 Å². The third-order valence-electron chi connectivity index (χ3n) is 2.82. The number of anilines is 1. The highest BCUT2D eigenvalue weighted by molar-refractivity contribution is 5.95. The predicted octanol–water partition coefficient (Wildman–Crippen LogP) is 3.24. The molecule has 18 heavy (non-hydrogen) atoms. The molecule has 0 unspecified atom stereocenters. The number of carboxylic acids is 1. The van der Waals surface area contributed by atoms with Gasteiger partial charge in [-0.15, -0.1) is 0 Å². The molecule has 2 N–H and O–H groups in total. The number of hydrogen-bond acceptors (Lipinski definition) is 3. The van der Waals surface area contributed by atoms with Gasteiger partial charge in [0.2, 0.25) is 0 Å². The van der Waals surface area contributed by atoms with Crippen LogP contribution in [0, 0.1) is 19.8 Å². The van der Waals surface area contributed by atoms with E-state index in [-0.39, 0.29) is 5.56 Å². The van der Waals surface area contributed by atoms with Gasteiger partial charge in [0, 0.05) is 12.2 Å². The van der Waals surface area contributed by atoms with Crippen LogP contribution in [0.25, 0.3) is 0 Å². The third kappa shape index (κ3) is 4.02. The lowest BCUT2D eigenvalue weighted by atomic mass is 10.1. The maximum atomic E-state index is 11.2. The molecule has 0 aliphatic rings. The minimum absolute atomic E-state index is 0.283. The Morgan fingerprint density at radius 2 is 2.11 bits per heavy atom. The summed E-state index contributed by atoms with van der Waals surface area (Å²) >= 11 is 0. The summed E-state index contributed by atoms with van der Waals surface area (Å²) in [7, 11) is 0. The lowest BCUT2D eigenvalue weighted by Gasteiger charge is -2.13. The topological polar surface area (TPSA) is 62.2 Å². The van der Waals surface area contributed by atoms with E-state index >= 15 is 0 Å². The Hall–Kier alpha value is -1.58. The number of nitrogens with zero attached hydrogens (tertiary/aromatic N) is 1. The van der Waals surface area contributed by atoms with E-state index in [1.54, 1.807) is 13.0 Å². The van der Waals surface area contributed by atoms with Crippen molar-refractivity contribution < 1.29 is 9.90 Å². The first-order valence-electron chi connectivity index (χ1n) is 6.37. The lowest BCUT2D eigenvalue weighted by Crippen LogP contribution is -2.11. The van der Waals surface area contributed by atoms with Crippen molar-refractivity contribution in [2.45, 2.75) is 40.5 Å². The molecule has 100 valence electrons. The molecule has 0 fully saturated rings. The van der Waals surface area contributed by atoms with E-state index < -0.39 is 5.97 Å². The Kier molecular flexibility index (Phi) is 5.13. The largest absolute Gasteiger partial charge is 0.478 e. The van der Waals surface area contributed by atoms with Crippen LogP contribution in [-0.2, 0) is 0 Å². The highest BCUT2D eigenvalue weighted by atomic mass is 16.4. The summed E-state index contributed by atoms with van der Waals surface area (Å²) in [5.41, 5.74) is 2.36. The van der Waals surface area contributed by atoms with Crippen LogP contribution in [0.2, 0.25) is 0 Å². The summed E-state index contributed by atoms with van der Waals surface area (Å²) in [6, 6.07) is 1.80. The number of rotatable bonds is 6. The van der Waals surface area contributed by atoms with Gasteiger partial charge in [0.1, 0.15) is 5.56 Å². The SMILES string of the molecule is Cc1cc(NCCCC(C)C)c(C(=O)O)c(C)n1. The minimum Gasteiger partial charge on any atom is -0.478 e. The summed E-state index contributed by atoms with van der Waals surface area (Å²) in [6.45, 7) is 8.77. The zero-order valence-electron chi connectivity index (χ0n) is 11.6. The van der Waals surface area contributed by atoms with Crippen LogP contribution < -0.4 is 5.32 Å². The molecule has 4 nitrogen and oxygen atoms in total.